The maximum absolute atomic E-state index is 11.7. The molecule has 1 aromatic heterocycles. The second kappa shape index (κ2) is 10.5. The highest BCUT2D eigenvalue weighted by Gasteiger charge is 2.06. The molecule has 1 heterocycles. The van der Waals surface area contributed by atoms with Gasteiger partial charge in [0.25, 0.3) is 0 Å². The van der Waals surface area contributed by atoms with E-state index < -0.39 is 0 Å². The zero-order valence-corrected chi connectivity index (χ0v) is 16.7. The number of hydrogen-bond donors (Lipinski definition) is 3. The first-order valence-corrected chi connectivity index (χ1v) is 9.30. The van der Waals surface area contributed by atoms with Crippen molar-refractivity contribution in [2.45, 2.75) is 26.8 Å². The van der Waals surface area contributed by atoms with Gasteiger partial charge in [0, 0.05) is 37.9 Å². The Balaban J connectivity index is 1.76. The van der Waals surface area contributed by atoms with Gasteiger partial charge in [-0.3, -0.25) is 9.79 Å². The van der Waals surface area contributed by atoms with Gasteiger partial charge < -0.3 is 16.0 Å². The van der Waals surface area contributed by atoms with Crippen molar-refractivity contribution in [3.8, 4) is 0 Å². The Morgan fingerprint density at radius 2 is 1.81 bits per heavy atom. The number of nitrogens with one attached hydrogen (secondary N) is 3. The Kier molecular flexibility index (Phi) is 8.07. The summed E-state index contributed by atoms with van der Waals surface area (Å²) in [5.74, 6) is 0.708. The van der Waals surface area contributed by atoms with Crippen molar-refractivity contribution in [3.05, 3.63) is 58.9 Å². The van der Waals surface area contributed by atoms with Crippen LogP contribution in [0.1, 0.15) is 25.0 Å². The van der Waals surface area contributed by atoms with Crippen LogP contribution >= 0.6 is 11.6 Å². The lowest BCUT2D eigenvalue weighted by molar-refractivity contribution is -0.118. The standard InChI is InChI=1S/C20H26ClN5O/c1-14(2)19(27)26-17-7-4-15(5-8-17)13-25-20(22-3)23-11-10-16-6-9-18(21)24-12-16/h4-9,12,14H,10-11,13H2,1-3H3,(H,26,27)(H2,22,23,25). The zero-order chi connectivity index (χ0) is 19.6. The second-order valence-corrected chi connectivity index (χ2v) is 6.82. The van der Waals surface area contributed by atoms with Gasteiger partial charge in [-0.1, -0.05) is 43.6 Å². The van der Waals surface area contributed by atoms with Crippen molar-refractivity contribution in [2.75, 3.05) is 18.9 Å². The van der Waals surface area contributed by atoms with E-state index >= 15 is 0 Å². The fourth-order valence-corrected chi connectivity index (χ4v) is 2.39. The number of amides is 1. The van der Waals surface area contributed by atoms with Crippen molar-refractivity contribution < 1.29 is 4.79 Å². The largest absolute Gasteiger partial charge is 0.356 e. The minimum absolute atomic E-state index is 0.0152. The number of aromatic nitrogens is 1. The van der Waals surface area contributed by atoms with E-state index in [1.54, 1.807) is 19.3 Å². The summed E-state index contributed by atoms with van der Waals surface area (Å²) in [6.07, 6.45) is 2.61. The molecule has 0 bridgehead atoms. The van der Waals surface area contributed by atoms with Crippen LogP contribution in [0, 0.1) is 5.92 Å². The summed E-state index contributed by atoms with van der Waals surface area (Å²) >= 11 is 5.79. The van der Waals surface area contributed by atoms with Crippen LogP contribution in [-0.4, -0.2) is 30.4 Å². The summed E-state index contributed by atoms with van der Waals surface area (Å²) in [5.41, 5.74) is 3.01. The molecular formula is C20H26ClN5O. The van der Waals surface area contributed by atoms with Crippen molar-refractivity contribution in [2.24, 2.45) is 10.9 Å². The summed E-state index contributed by atoms with van der Waals surface area (Å²) in [7, 11) is 1.74. The molecule has 7 heteroatoms. The number of benzene rings is 1. The normalized spacial score (nSPS) is 11.4. The number of anilines is 1. The molecule has 6 nitrogen and oxygen atoms in total. The Bertz CT molecular complexity index is 757. The lowest BCUT2D eigenvalue weighted by Crippen LogP contribution is -2.37. The summed E-state index contributed by atoms with van der Waals surface area (Å²) < 4.78 is 0. The summed E-state index contributed by atoms with van der Waals surface area (Å²) in [5, 5.41) is 9.93. The number of rotatable bonds is 7. The molecule has 27 heavy (non-hydrogen) atoms. The van der Waals surface area contributed by atoms with Crippen LogP contribution in [0.5, 0.6) is 0 Å². The first-order chi connectivity index (χ1) is 13.0. The summed E-state index contributed by atoms with van der Waals surface area (Å²) in [6, 6.07) is 11.5. The SMILES string of the molecule is CN=C(NCCc1ccc(Cl)nc1)NCc1ccc(NC(=O)C(C)C)cc1. The monoisotopic (exact) mass is 387 g/mol. The number of aliphatic imine (C=N–C) groups is 1. The summed E-state index contributed by atoms with van der Waals surface area (Å²) in [4.78, 5) is 20.0. The fourth-order valence-electron chi connectivity index (χ4n) is 2.28. The molecule has 0 spiro atoms. The molecule has 3 N–H and O–H groups in total. The smallest absolute Gasteiger partial charge is 0.226 e. The van der Waals surface area contributed by atoms with Gasteiger partial charge >= 0.3 is 0 Å². The van der Waals surface area contributed by atoms with Crippen molar-refractivity contribution >= 4 is 29.2 Å². The van der Waals surface area contributed by atoms with Gasteiger partial charge in [-0.05, 0) is 35.7 Å². The Hall–Kier alpha value is -2.60. The van der Waals surface area contributed by atoms with Gasteiger partial charge in [0.05, 0.1) is 0 Å². The van der Waals surface area contributed by atoms with Crippen LogP contribution in [0.3, 0.4) is 0 Å². The lowest BCUT2D eigenvalue weighted by atomic mass is 10.1. The molecule has 0 aliphatic carbocycles. The van der Waals surface area contributed by atoms with Gasteiger partial charge in [-0.25, -0.2) is 4.98 Å². The summed E-state index contributed by atoms with van der Waals surface area (Å²) in [6.45, 7) is 5.12. The van der Waals surface area contributed by atoms with E-state index in [9.17, 15) is 4.79 Å². The van der Waals surface area contributed by atoms with Crippen molar-refractivity contribution in [1.82, 2.24) is 15.6 Å². The van der Waals surface area contributed by atoms with Crippen LogP contribution in [0.25, 0.3) is 0 Å². The lowest BCUT2D eigenvalue weighted by Gasteiger charge is -2.13. The maximum atomic E-state index is 11.7. The second-order valence-electron chi connectivity index (χ2n) is 6.43. The zero-order valence-electron chi connectivity index (χ0n) is 15.9. The molecular weight excluding hydrogens is 362 g/mol. The van der Waals surface area contributed by atoms with Crippen molar-refractivity contribution in [1.29, 1.82) is 0 Å². The van der Waals surface area contributed by atoms with Gasteiger partial charge in [-0.2, -0.15) is 0 Å². The molecule has 144 valence electrons. The van der Waals surface area contributed by atoms with Crippen LogP contribution < -0.4 is 16.0 Å². The number of guanidine groups is 1. The molecule has 2 rings (SSSR count). The fraction of sp³-hybridized carbons (Fsp3) is 0.350. The third kappa shape index (κ3) is 7.27. The Morgan fingerprint density at radius 1 is 1.11 bits per heavy atom. The highest BCUT2D eigenvalue weighted by molar-refractivity contribution is 6.29. The van der Waals surface area contributed by atoms with Gasteiger partial charge in [0.1, 0.15) is 5.15 Å². The highest BCUT2D eigenvalue weighted by Crippen LogP contribution is 2.11. The molecule has 0 saturated carbocycles. The predicted molar refractivity (Wildman–Crippen MR) is 111 cm³/mol. The van der Waals surface area contributed by atoms with E-state index in [0.717, 1.165) is 35.7 Å². The van der Waals surface area contributed by atoms with E-state index in [1.165, 1.54) is 0 Å². The van der Waals surface area contributed by atoms with Crippen LogP contribution in [-0.2, 0) is 17.8 Å². The van der Waals surface area contributed by atoms with E-state index in [1.807, 2.05) is 44.2 Å². The number of pyridine rings is 1. The third-order valence-corrected chi connectivity index (χ3v) is 4.15. The first kappa shape index (κ1) is 20.7. The quantitative estimate of drug-likeness (QED) is 0.387. The van der Waals surface area contributed by atoms with Crippen LogP contribution in [0.2, 0.25) is 5.15 Å². The first-order valence-electron chi connectivity index (χ1n) is 8.92. The average molecular weight is 388 g/mol. The molecule has 0 radical (unpaired) electrons. The molecule has 0 atom stereocenters. The minimum Gasteiger partial charge on any atom is -0.356 e. The topological polar surface area (TPSA) is 78.4 Å². The number of nitrogens with zero attached hydrogens (tertiary/aromatic N) is 2. The average Bonchev–Trinajstić information content (AvgIpc) is 2.67. The molecule has 1 aromatic carbocycles. The molecule has 0 unspecified atom stereocenters. The van der Waals surface area contributed by atoms with Gasteiger partial charge in [0.2, 0.25) is 5.91 Å². The highest BCUT2D eigenvalue weighted by atomic mass is 35.5. The number of hydrogen-bond acceptors (Lipinski definition) is 3. The molecule has 0 aliphatic rings. The Morgan fingerprint density at radius 3 is 2.41 bits per heavy atom. The molecule has 0 saturated heterocycles. The van der Waals surface area contributed by atoms with Crippen LogP contribution in [0.15, 0.2) is 47.6 Å². The molecule has 1 amide bonds. The van der Waals surface area contributed by atoms with Gasteiger partial charge in [0.15, 0.2) is 5.96 Å². The van der Waals surface area contributed by atoms with Crippen molar-refractivity contribution in [3.63, 3.8) is 0 Å². The molecule has 0 aliphatic heterocycles. The molecule has 2 aromatic rings. The Labute approximate surface area is 165 Å². The number of halogens is 1. The molecule has 0 fully saturated rings. The van der Waals surface area contributed by atoms with E-state index in [2.05, 4.69) is 25.9 Å². The number of carbonyl (C=O) groups excluding carboxylic acids is 1. The van der Waals surface area contributed by atoms with E-state index in [-0.39, 0.29) is 11.8 Å². The number of carbonyl (C=O) groups is 1. The maximum Gasteiger partial charge on any atom is 0.226 e. The predicted octanol–water partition coefficient (Wildman–Crippen LogP) is 3.24. The van der Waals surface area contributed by atoms with E-state index in [0.29, 0.717) is 11.7 Å². The third-order valence-electron chi connectivity index (χ3n) is 3.92. The van der Waals surface area contributed by atoms with E-state index in [4.69, 9.17) is 11.6 Å². The van der Waals surface area contributed by atoms with Gasteiger partial charge in [-0.15, -0.1) is 0 Å². The minimum atomic E-state index is -0.0376. The van der Waals surface area contributed by atoms with Crippen LogP contribution in [0.4, 0.5) is 5.69 Å².